The van der Waals surface area contributed by atoms with Gasteiger partial charge in [-0.15, -0.1) is 0 Å². The highest BCUT2D eigenvalue weighted by Crippen LogP contribution is 2.33. The maximum atomic E-state index is 14.7. The van der Waals surface area contributed by atoms with E-state index >= 15 is 0 Å². The normalized spacial score (nSPS) is 17.2. The van der Waals surface area contributed by atoms with Gasteiger partial charge < -0.3 is 18.8 Å². The number of anilines is 1. The van der Waals surface area contributed by atoms with Gasteiger partial charge in [-0.1, -0.05) is 0 Å². The predicted octanol–water partition coefficient (Wildman–Crippen LogP) is 3.08. The van der Waals surface area contributed by atoms with Crippen LogP contribution >= 0.6 is 0 Å². The number of morpholine rings is 1. The minimum absolute atomic E-state index is 0.0334. The monoisotopic (exact) mass is 364 g/mol. The van der Waals surface area contributed by atoms with Crippen LogP contribution in [0.1, 0.15) is 29.1 Å². The number of furan rings is 1. The number of nitrogens with zero attached hydrogens (tertiary/aromatic N) is 2. The lowest BCUT2D eigenvalue weighted by Crippen LogP contribution is -2.39. The molecule has 1 unspecified atom stereocenters. The van der Waals surface area contributed by atoms with Gasteiger partial charge in [-0.3, -0.25) is 10.1 Å². The second kappa shape index (κ2) is 7.52. The molecule has 26 heavy (non-hydrogen) atoms. The Labute approximate surface area is 148 Å². The van der Waals surface area contributed by atoms with Crippen molar-refractivity contribution >= 4 is 17.3 Å². The molecule has 0 saturated carbocycles. The van der Waals surface area contributed by atoms with Gasteiger partial charge in [0.05, 0.1) is 48.3 Å². The van der Waals surface area contributed by atoms with Crippen LogP contribution in [0.3, 0.4) is 0 Å². The van der Waals surface area contributed by atoms with Gasteiger partial charge in [-0.2, -0.15) is 0 Å². The van der Waals surface area contributed by atoms with Crippen molar-refractivity contribution < 1.29 is 28.0 Å². The van der Waals surface area contributed by atoms with Gasteiger partial charge in [0.15, 0.2) is 5.82 Å². The number of esters is 1. The van der Waals surface area contributed by atoms with Crippen LogP contribution in [0.5, 0.6) is 0 Å². The molecule has 0 spiro atoms. The zero-order valence-corrected chi connectivity index (χ0v) is 14.0. The highest BCUT2D eigenvalue weighted by molar-refractivity contribution is 5.97. The van der Waals surface area contributed by atoms with Gasteiger partial charge in [-0.05, 0) is 19.1 Å². The van der Waals surface area contributed by atoms with E-state index in [0.29, 0.717) is 12.3 Å². The zero-order chi connectivity index (χ0) is 18.7. The molecule has 1 aliphatic heterocycles. The van der Waals surface area contributed by atoms with Crippen molar-refractivity contribution in [2.24, 2.45) is 0 Å². The van der Waals surface area contributed by atoms with E-state index in [2.05, 4.69) is 0 Å². The van der Waals surface area contributed by atoms with Crippen molar-refractivity contribution in [1.29, 1.82) is 0 Å². The summed E-state index contributed by atoms with van der Waals surface area (Å²) >= 11 is 0. The van der Waals surface area contributed by atoms with Crippen LogP contribution in [0.4, 0.5) is 15.8 Å². The van der Waals surface area contributed by atoms with Crippen molar-refractivity contribution in [3.63, 3.8) is 0 Å². The third-order valence-electron chi connectivity index (χ3n) is 4.00. The summed E-state index contributed by atoms with van der Waals surface area (Å²) in [5.74, 6) is -1.09. The van der Waals surface area contributed by atoms with E-state index in [0.717, 1.165) is 12.1 Å². The summed E-state index contributed by atoms with van der Waals surface area (Å²) in [7, 11) is 0. The van der Waals surface area contributed by atoms with Crippen molar-refractivity contribution in [2.75, 3.05) is 31.2 Å². The minimum atomic E-state index is -0.859. The highest BCUT2D eigenvalue weighted by Gasteiger charge is 2.31. The maximum absolute atomic E-state index is 14.7. The number of halogens is 1. The molecule has 1 aromatic heterocycles. The summed E-state index contributed by atoms with van der Waals surface area (Å²) < 4.78 is 30.6. The number of hydrogen-bond donors (Lipinski definition) is 0. The fourth-order valence-electron chi connectivity index (χ4n) is 2.87. The fourth-order valence-corrected chi connectivity index (χ4v) is 2.87. The first-order valence-electron chi connectivity index (χ1n) is 8.06. The molecule has 0 radical (unpaired) electrons. The predicted molar refractivity (Wildman–Crippen MR) is 88.6 cm³/mol. The molecule has 2 aromatic rings. The number of rotatable bonds is 5. The zero-order valence-electron chi connectivity index (χ0n) is 14.0. The molecule has 1 atom stereocenters. The first-order chi connectivity index (χ1) is 12.5. The molecule has 0 N–H and O–H groups in total. The summed E-state index contributed by atoms with van der Waals surface area (Å²) in [4.78, 5) is 24.1. The Bertz CT molecular complexity index is 808. The van der Waals surface area contributed by atoms with Crippen molar-refractivity contribution in [1.82, 2.24) is 0 Å². The summed E-state index contributed by atoms with van der Waals surface area (Å²) in [5.41, 5.74) is -0.724. The summed E-state index contributed by atoms with van der Waals surface area (Å²) in [6.07, 6.45) is 1.07. The Kier molecular flexibility index (Phi) is 5.17. The molecule has 0 bridgehead atoms. The summed E-state index contributed by atoms with van der Waals surface area (Å²) in [6.45, 7) is 2.50. The first-order valence-corrected chi connectivity index (χ1v) is 8.06. The molecule has 1 aromatic carbocycles. The average Bonchev–Trinajstić information content (AvgIpc) is 3.16. The molecule has 1 aliphatic rings. The van der Waals surface area contributed by atoms with Crippen molar-refractivity contribution in [3.8, 4) is 0 Å². The lowest BCUT2D eigenvalue weighted by atomic mass is 10.1. The van der Waals surface area contributed by atoms with Crippen molar-refractivity contribution in [2.45, 2.75) is 13.0 Å². The van der Waals surface area contributed by atoms with E-state index in [-0.39, 0.29) is 31.0 Å². The molecule has 1 fully saturated rings. The summed E-state index contributed by atoms with van der Waals surface area (Å²) in [5, 5.41) is 11.0. The highest BCUT2D eigenvalue weighted by atomic mass is 19.1. The number of nitro groups is 1. The lowest BCUT2D eigenvalue weighted by molar-refractivity contribution is -0.385. The SMILES string of the molecule is CCOC(=O)c1cc([N+](=O)[O-])cc(F)c1N1CCOC(c2ccco2)C1. The number of hydrogen-bond acceptors (Lipinski definition) is 7. The number of benzene rings is 1. The van der Waals surface area contributed by atoms with E-state index in [4.69, 9.17) is 13.9 Å². The van der Waals surface area contributed by atoms with Gasteiger partial charge >= 0.3 is 5.97 Å². The second-order valence-corrected chi connectivity index (χ2v) is 5.62. The fraction of sp³-hybridized carbons (Fsp3) is 0.353. The van der Waals surface area contributed by atoms with Crippen molar-refractivity contribution in [3.05, 3.63) is 57.8 Å². The van der Waals surface area contributed by atoms with E-state index in [1.807, 2.05) is 0 Å². The van der Waals surface area contributed by atoms with Crippen LogP contribution < -0.4 is 4.90 Å². The van der Waals surface area contributed by atoms with E-state index < -0.39 is 28.5 Å². The quantitative estimate of drug-likeness (QED) is 0.457. The number of carbonyl (C=O) groups excluding carboxylic acids is 1. The van der Waals surface area contributed by atoms with Gasteiger partial charge in [0.1, 0.15) is 11.9 Å². The maximum Gasteiger partial charge on any atom is 0.340 e. The molecular formula is C17H17FN2O6. The molecule has 0 aliphatic carbocycles. The largest absolute Gasteiger partial charge is 0.467 e. The van der Waals surface area contributed by atoms with Crippen LogP contribution in [-0.4, -0.2) is 37.2 Å². The Morgan fingerprint density at radius 1 is 1.50 bits per heavy atom. The van der Waals surface area contributed by atoms with Gasteiger partial charge in [0, 0.05) is 12.6 Å². The van der Waals surface area contributed by atoms with E-state index in [1.54, 1.807) is 24.0 Å². The third-order valence-corrected chi connectivity index (χ3v) is 4.00. The van der Waals surface area contributed by atoms with E-state index in [1.165, 1.54) is 6.26 Å². The molecule has 1 saturated heterocycles. The molecule has 0 amide bonds. The molecule has 8 nitrogen and oxygen atoms in total. The topological polar surface area (TPSA) is 95.0 Å². The average molecular weight is 364 g/mol. The van der Waals surface area contributed by atoms with Gasteiger partial charge in [0.2, 0.25) is 0 Å². The molecule has 3 rings (SSSR count). The first kappa shape index (κ1) is 17.9. The lowest BCUT2D eigenvalue weighted by Gasteiger charge is -2.34. The molecule has 2 heterocycles. The number of non-ortho nitro benzene ring substituents is 1. The minimum Gasteiger partial charge on any atom is -0.467 e. The molecular weight excluding hydrogens is 347 g/mol. The molecule has 9 heteroatoms. The smallest absolute Gasteiger partial charge is 0.340 e. The van der Waals surface area contributed by atoms with E-state index in [9.17, 15) is 19.3 Å². The van der Waals surface area contributed by atoms with Crippen LogP contribution in [0.15, 0.2) is 34.9 Å². The molecule has 138 valence electrons. The number of nitro benzene ring substituents is 1. The van der Waals surface area contributed by atoms with Crippen LogP contribution in [0, 0.1) is 15.9 Å². The third kappa shape index (κ3) is 3.52. The second-order valence-electron chi connectivity index (χ2n) is 5.62. The number of ether oxygens (including phenoxy) is 2. The van der Waals surface area contributed by atoms with Crippen LogP contribution in [0.25, 0.3) is 0 Å². The summed E-state index contributed by atoms with van der Waals surface area (Å²) in [6, 6.07) is 5.30. The standard InChI is InChI=1S/C17H17FN2O6/c1-2-24-17(21)12-8-11(20(22)23)9-13(18)16(12)19-5-7-26-15(10-19)14-4-3-6-25-14/h3-4,6,8-9,15H,2,5,7,10H2,1H3. The van der Waals surface area contributed by atoms with Gasteiger partial charge in [-0.25, -0.2) is 9.18 Å². The Morgan fingerprint density at radius 2 is 2.31 bits per heavy atom. The Balaban J connectivity index is 1.99. The van der Waals surface area contributed by atoms with Gasteiger partial charge in [0.25, 0.3) is 5.69 Å². The number of carbonyl (C=O) groups is 1. The van der Waals surface area contributed by atoms with Crippen LogP contribution in [0.2, 0.25) is 0 Å². The Morgan fingerprint density at radius 3 is 2.96 bits per heavy atom. The Hall–Kier alpha value is -2.94. The van der Waals surface area contributed by atoms with Crippen LogP contribution in [-0.2, 0) is 9.47 Å².